The predicted octanol–water partition coefficient (Wildman–Crippen LogP) is 4.32. The molecule has 0 saturated heterocycles. The van der Waals surface area contributed by atoms with Crippen molar-refractivity contribution >= 4 is 28.2 Å². The molecule has 1 N–H and O–H groups in total. The van der Waals surface area contributed by atoms with E-state index in [-0.39, 0.29) is 24.0 Å². The smallest absolute Gasteiger partial charge is 0.313 e. The van der Waals surface area contributed by atoms with Gasteiger partial charge in [0.1, 0.15) is 12.4 Å². The van der Waals surface area contributed by atoms with Gasteiger partial charge >= 0.3 is 5.69 Å². The number of hydrogen-bond donors (Lipinski definition) is 1. The van der Waals surface area contributed by atoms with Crippen molar-refractivity contribution in [3.63, 3.8) is 0 Å². The Morgan fingerprint density at radius 3 is 2.70 bits per heavy atom. The molecular formula is C23H23N5O5. The van der Waals surface area contributed by atoms with E-state index in [1.54, 1.807) is 6.20 Å². The average Bonchev–Trinajstić information content (AvgIpc) is 3.16. The number of benzene rings is 2. The number of nitrogens with zero attached hydrogens (tertiary/aromatic N) is 4. The number of nitrogens with one attached hydrogen (secondary N) is 1. The summed E-state index contributed by atoms with van der Waals surface area (Å²) in [5.41, 5.74) is 2.90. The Kier molecular flexibility index (Phi) is 6.36. The Morgan fingerprint density at radius 2 is 1.94 bits per heavy atom. The fraction of sp³-hybridized carbons (Fsp3) is 0.217. The lowest BCUT2D eigenvalue weighted by Gasteiger charge is -2.13. The molecule has 33 heavy (non-hydrogen) atoms. The highest BCUT2D eigenvalue weighted by Crippen LogP contribution is 2.39. The second kappa shape index (κ2) is 9.53. The number of methoxy groups -OCH3 is 2. The van der Waals surface area contributed by atoms with E-state index >= 15 is 0 Å². The van der Waals surface area contributed by atoms with Crippen molar-refractivity contribution in [1.29, 1.82) is 0 Å². The molecule has 4 aromatic rings. The minimum atomic E-state index is -0.514. The van der Waals surface area contributed by atoms with Gasteiger partial charge in [-0.15, -0.1) is 0 Å². The minimum absolute atomic E-state index is 0.0878. The fourth-order valence-electron chi connectivity index (χ4n) is 3.54. The molecule has 0 aliphatic heterocycles. The summed E-state index contributed by atoms with van der Waals surface area (Å²) in [6.45, 7) is 0.470. The van der Waals surface area contributed by atoms with Gasteiger partial charge in [0.25, 0.3) is 0 Å². The number of aryl methyl sites for hydroxylation is 1. The van der Waals surface area contributed by atoms with Crippen LogP contribution in [0.3, 0.4) is 0 Å². The summed E-state index contributed by atoms with van der Waals surface area (Å²) >= 11 is 0. The lowest BCUT2D eigenvalue weighted by atomic mass is 10.1. The van der Waals surface area contributed by atoms with Crippen LogP contribution in [-0.4, -0.2) is 46.9 Å². The number of fused-ring (bicyclic) bond motifs is 1. The first-order chi connectivity index (χ1) is 16.0. The van der Waals surface area contributed by atoms with E-state index in [0.717, 1.165) is 22.2 Å². The molecule has 0 spiro atoms. The van der Waals surface area contributed by atoms with Crippen molar-refractivity contribution in [3.05, 3.63) is 65.0 Å². The van der Waals surface area contributed by atoms with Crippen LogP contribution < -0.4 is 14.8 Å². The first-order valence-electron chi connectivity index (χ1n) is 10.1. The first kappa shape index (κ1) is 22.0. The molecule has 0 bridgehead atoms. The van der Waals surface area contributed by atoms with Gasteiger partial charge in [-0.2, -0.15) is 0 Å². The molecule has 0 fully saturated rings. The van der Waals surface area contributed by atoms with Crippen LogP contribution in [0.2, 0.25) is 0 Å². The Balaban J connectivity index is 1.69. The zero-order chi connectivity index (χ0) is 23.4. The maximum atomic E-state index is 11.6. The van der Waals surface area contributed by atoms with E-state index in [4.69, 9.17) is 14.2 Å². The fourth-order valence-corrected chi connectivity index (χ4v) is 3.54. The molecule has 2 heterocycles. The molecule has 2 aromatic heterocycles. The van der Waals surface area contributed by atoms with Crippen molar-refractivity contribution in [2.75, 3.05) is 32.8 Å². The molecule has 10 nitrogen and oxygen atoms in total. The summed E-state index contributed by atoms with van der Waals surface area (Å²) < 4.78 is 17.9. The highest BCUT2D eigenvalue weighted by atomic mass is 16.6. The molecule has 4 rings (SSSR count). The second-order valence-electron chi connectivity index (χ2n) is 7.18. The van der Waals surface area contributed by atoms with Crippen LogP contribution >= 0.6 is 0 Å². The topological polar surface area (TPSA) is 114 Å². The third kappa shape index (κ3) is 4.55. The van der Waals surface area contributed by atoms with Crippen LogP contribution in [-0.2, 0) is 11.8 Å². The van der Waals surface area contributed by atoms with Gasteiger partial charge in [0, 0.05) is 55.2 Å². The quantitative estimate of drug-likeness (QED) is 0.228. The van der Waals surface area contributed by atoms with E-state index < -0.39 is 4.92 Å². The Morgan fingerprint density at radius 1 is 1.12 bits per heavy atom. The number of rotatable bonds is 9. The van der Waals surface area contributed by atoms with Gasteiger partial charge in [0.15, 0.2) is 0 Å². The van der Waals surface area contributed by atoms with Crippen molar-refractivity contribution in [2.24, 2.45) is 7.05 Å². The van der Waals surface area contributed by atoms with Crippen LogP contribution in [0, 0.1) is 10.1 Å². The minimum Gasteiger partial charge on any atom is -0.494 e. The number of aromatic nitrogens is 3. The number of hydrogen-bond acceptors (Lipinski definition) is 8. The van der Waals surface area contributed by atoms with Gasteiger partial charge in [-0.1, -0.05) is 18.2 Å². The van der Waals surface area contributed by atoms with E-state index in [1.807, 2.05) is 48.1 Å². The monoisotopic (exact) mass is 449 g/mol. The Hall–Kier alpha value is -4.18. The normalized spacial score (nSPS) is 10.9. The summed E-state index contributed by atoms with van der Waals surface area (Å²) in [5.74, 6) is 0.720. The van der Waals surface area contributed by atoms with Crippen molar-refractivity contribution in [3.8, 4) is 22.8 Å². The number of nitro benzene ring substituents is 1. The zero-order valence-electron chi connectivity index (χ0n) is 18.4. The summed E-state index contributed by atoms with van der Waals surface area (Å²) in [4.78, 5) is 20.0. The summed E-state index contributed by atoms with van der Waals surface area (Å²) in [7, 11) is 4.98. The second-order valence-corrected chi connectivity index (χ2v) is 7.18. The SMILES string of the molecule is COCCOc1cc(OC)c(Nc2nccc(-c3cn(C)c4ccccc34)n2)cc1[N+](=O)[O-]. The number of ether oxygens (including phenoxy) is 3. The molecule has 0 unspecified atom stereocenters. The van der Waals surface area contributed by atoms with Crippen LogP contribution in [0.4, 0.5) is 17.3 Å². The third-order valence-electron chi connectivity index (χ3n) is 5.10. The number of para-hydroxylation sites is 1. The van der Waals surface area contributed by atoms with E-state index in [9.17, 15) is 10.1 Å². The Labute approximate surface area is 189 Å². The van der Waals surface area contributed by atoms with Crippen molar-refractivity contribution in [1.82, 2.24) is 14.5 Å². The summed E-state index contributed by atoms with van der Waals surface area (Å²) in [6.07, 6.45) is 3.64. The highest BCUT2D eigenvalue weighted by molar-refractivity contribution is 5.95. The molecule has 0 amide bonds. The van der Waals surface area contributed by atoms with Crippen molar-refractivity contribution in [2.45, 2.75) is 0 Å². The van der Waals surface area contributed by atoms with Gasteiger partial charge < -0.3 is 24.1 Å². The highest BCUT2D eigenvalue weighted by Gasteiger charge is 2.21. The van der Waals surface area contributed by atoms with Gasteiger partial charge in [0.2, 0.25) is 11.7 Å². The van der Waals surface area contributed by atoms with E-state index in [1.165, 1.54) is 26.4 Å². The summed E-state index contributed by atoms with van der Waals surface area (Å²) in [6, 6.07) is 12.7. The molecule has 0 atom stereocenters. The van der Waals surface area contributed by atoms with Gasteiger partial charge in [-0.25, -0.2) is 9.97 Å². The van der Waals surface area contributed by atoms with Gasteiger partial charge in [0.05, 0.1) is 30.0 Å². The zero-order valence-corrected chi connectivity index (χ0v) is 18.4. The maximum absolute atomic E-state index is 11.6. The van der Waals surface area contributed by atoms with Crippen LogP contribution in [0.5, 0.6) is 11.5 Å². The third-order valence-corrected chi connectivity index (χ3v) is 5.10. The maximum Gasteiger partial charge on any atom is 0.313 e. The molecular weight excluding hydrogens is 426 g/mol. The van der Waals surface area contributed by atoms with Gasteiger partial charge in [-0.05, 0) is 12.1 Å². The van der Waals surface area contributed by atoms with E-state index in [2.05, 4.69) is 15.3 Å². The molecule has 0 aliphatic rings. The molecule has 0 saturated carbocycles. The molecule has 10 heteroatoms. The first-order valence-corrected chi connectivity index (χ1v) is 10.1. The van der Waals surface area contributed by atoms with Crippen LogP contribution in [0.15, 0.2) is 54.9 Å². The van der Waals surface area contributed by atoms with Gasteiger partial charge in [-0.3, -0.25) is 10.1 Å². The summed E-state index contributed by atoms with van der Waals surface area (Å²) in [5, 5.41) is 15.7. The lowest BCUT2D eigenvalue weighted by molar-refractivity contribution is -0.385. The standard InChI is InChI=1S/C23H23N5O5/c1-27-14-16(15-6-4-5-7-19(15)27)17-8-9-24-23(25-17)26-18-12-20(28(29)30)22(13-21(18)32-3)33-11-10-31-2/h4-9,12-14H,10-11H2,1-3H3,(H,24,25,26). The molecule has 0 radical (unpaired) electrons. The molecule has 170 valence electrons. The number of anilines is 2. The van der Waals surface area contributed by atoms with E-state index in [0.29, 0.717) is 18.0 Å². The van der Waals surface area contributed by atoms with Crippen LogP contribution in [0.1, 0.15) is 0 Å². The number of nitro groups is 1. The molecule has 2 aromatic carbocycles. The largest absolute Gasteiger partial charge is 0.494 e. The Bertz CT molecular complexity index is 1300. The van der Waals surface area contributed by atoms with Crippen molar-refractivity contribution < 1.29 is 19.1 Å². The molecule has 0 aliphatic carbocycles. The predicted molar refractivity (Wildman–Crippen MR) is 124 cm³/mol. The van der Waals surface area contributed by atoms with Crippen LogP contribution in [0.25, 0.3) is 22.2 Å². The average molecular weight is 449 g/mol. The lowest BCUT2D eigenvalue weighted by Crippen LogP contribution is -2.07.